The molecule has 0 bridgehead atoms. The van der Waals surface area contributed by atoms with Crippen molar-refractivity contribution in [3.05, 3.63) is 12.2 Å². The van der Waals surface area contributed by atoms with Crippen LogP contribution in [-0.2, 0) is 0 Å². The van der Waals surface area contributed by atoms with Crippen LogP contribution in [0.1, 0.15) is 51.9 Å². The lowest BCUT2D eigenvalue weighted by Crippen LogP contribution is -2.86. The highest BCUT2D eigenvalue weighted by Crippen LogP contribution is 2.22. The Hall–Kier alpha value is -0.300. The number of allylic oxidation sites excluding steroid dienone is 1. The lowest BCUT2D eigenvalue weighted by Gasteiger charge is -2.22. The fraction of sp³-hybridized carbons (Fsp3) is 0.846. The van der Waals surface area contributed by atoms with Crippen LogP contribution >= 0.6 is 0 Å². The van der Waals surface area contributed by atoms with Crippen molar-refractivity contribution in [2.45, 2.75) is 51.9 Å². The van der Waals surface area contributed by atoms with Gasteiger partial charge in [0.25, 0.3) is 0 Å². The van der Waals surface area contributed by atoms with E-state index in [4.69, 9.17) is 0 Å². The molecule has 1 rings (SSSR count). The number of unbranched alkanes of at least 4 members (excludes halogenated alkanes) is 3. The smallest absolute Gasteiger partial charge is 0.0761 e. The molecule has 14 heavy (non-hydrogen) atoms. The van der Waals surface area contributed by atoms with Crippen LogP contribution in [0.3, 0.4) is 0 Å². The zero-order valence-corrected chi connectivity index (χ0v) is 9.73. The first kappa shape index (κ1) is 11.8. The van der Waals surface area contributed by atoms with Crippen LogP contribution in [-0.4, -0.2) is 13.1 Å². The third-order valence-electron chi connectivity index (χ3n) is 3.37. The molecule has 1 heteroatoms. The number of hydrogen-bond acceptors (Lipinski definition) is 0. The standard InChI is InChI=1S/C13H25N/c1-3-4-5-6-7-12(2)13-8-10-14-11-9-13/h13-14H,2-11H2,1H3/p+1. The van der Waals surface area contributed by atoms with Gasteiger partial charge in [0.05, 0.1) is 13.1 Å². The molecular formula is C13H26N+. The van der Waals surface area contributed by atoms with E-state index in [1.54, 1.807) is 0 Å². The maximum Gasteiger partial charge on any atom is 0.0761 e. The lowest BCUT2D eigenvalue weighted by atomic mass is 9.88. The molecule has 0 radical (unpaired) electrons. The highest BCUT2D eigenvalue weighted by atomic mass is 14.9. The molecule has 0 saturated carbocycles. The summed E-state index contributed by atoms with van der Waals surface area (Å²) < 4.78 is 0. The molecule has 0 spiro atoms. The zero-order valence-electron chi connectivity index (χ0n) is 9.73. The molecule has 0 atom stereocenters. The first-order valence-electron chi connectivity index (χ1n) is 6.34. The molecule has 1 aliphatic rings. The van der Waals surface area contributed by atoms with E-state index in [2.05, 4.69) is 18.8 Å². The second-order valence-corrected chi connectivity index (χ2v) is 4.61. The fourth-order valence-corrected chi connectivity index (χ4v) is 2.32. The molecule has 1 aliphatic heterocycles. The van der Waals surface area contributed by atoms with Crippen molar-refractivity contribution in [2.24, 2.45) is 5.92 Å². The minimum Gasteiger partial charge on any atom is -0.346 e. The Labute approximate surface area is 89.0 Å². The van der Waals surface area contributed by atoms with Crippen molar-refractivity contribution >= 4 is 0 Å². The summed E-state index contributed by atoms with van der Waals surface area (Å²) in [5.74, 6) is 0.849. The van der Waals surface area contributed by atoms with Gasteiger partial charge in [0.1, 0.15) is 0 Å². The van der Waals surface area contributed by atoms with Crippen molar-refractivity contribution in [3.63, 3.8) is 0 Å². The van der Waals surface area contributed by atoms with Crippen molar-refractivity contribution in [1.82, 2.24) is 0 Å². The van der Waals surface area contributed by atoms with Crippen molar-refractivity contribution in [1.29, 1.82) is 0 Å². The van der Waals surface area contributed by atoms with Gasteiger partial charge in [-0.05, 0) is 18.8 Å². The minimum absolute atomic E-state index is 0.849. The Bertz CT molecular complexity index is 157. The lowest BCUT2D eigenvalue weighted by molar-refractivity contribution is -0.664. The van der Waals surface area contributed by atoms with Gasteiger partial charge in [0.2, 0.25) is 0 Å². The Morgan fingerprint density at radius 1 is 1.21 bits per heavy atom. The molecule has 1 fully saturated rings. The van der Waals surface area contributed by atoms with Crippen LogP contribution < -0.4 is 5.32 Å². The summed E-state index contributed by atoms with van der Waals surface area (Å²) in [4.78, 5) is 0. The normalized spacial score (nSPS) is 18.4. The summed E-state index contributed by atoms with van der Waals surface area (Å²) in [6, 6.07) is 0. The van der Waals surface area contributed by atoms with Gasteiger partial charge in [-0.25, -0.2) is 0 Å². The number of quaternary nitrogens is 1. The van der Waals surface area contributed by atoms with Crippen LogP contribution in [0.2, 0.25) is 0 Å². The Morgan fingerprint density at radius 3 is 2.57 bits per heavy atom. The quantitative estimate of drug-likeness (QED) is 0.496. The van der Waals surface area contributed by atoms with E-state index >= 15 is 0 Å². The second-order valence-electron chi connectivity index (χ2n) is 4.61. The SMILES string of the molecule is C=C(CCCCCC)C1CC[NH2+]CC1. The molecule has 0 aromatic carbocycles. The first-order valence-corrected chi connectivity index (χ1v) is 6.34. The van der Waals surface area contributed by atoms with Gasteiger partial charge in [-0.3, -0.25) is 0 Å². The Morgan fingerprint density at radius 2 is 1.93 bits per heavy atom. The molecule has 1 heterocycles. The number of rotatable bonds is 6. The fourth-order valence-electron chi connectivity index (χ4n) is 2.32. The highest BCUT2D eigenvalue weighted by molar-refractivity contribution is 5.00. The Balaban J connectivity index is 2.07. The van der Waals surface area contributed by atoms with Gasteiger partial charge < -0.3 is 5.32 Å². The molecule has 0 amide bonds. The van der Waals surface area contributed by atoms with Gasteiger partial charge in [0.15, 0.2) is 0 Å². The molecule has 0 aromatic heterocycles. The van der Waals surface area contributed by atoms with Gasteiger partial charge in [0, 0.05) is 12.8 Å². The van der Waals surface area contributed by atoms with E-state index in [1.807, 2.05) is 0 Å². The first-order chi connectivity index (χ1) is 6.84. The van der Waals surface area contributed by atoms with Crippen molar-refractivity contribution in [2.75, 3.05) is 13.1 Å². The third-order valence-corrected chi connectivity index (χ3v) is 3.37. The minimum atomic E-state index is 0.849. The maximum atomic E-state index is 4.26. The van der Waals surface area contributed by atoms with Gasteiger partial charge >= 0.3 is 0 Å². The molecule has 1 nitrogen and oxygen atoms in total. The highest BCUT2D eigenvalue weighted by Gasteiger charge is 2.17. The Kier molecular flexibility index (Phi) is 5.93. The average molecular weight is 196 g/mol. The van der Waals surface area contributed by atoms with Gasteiger partial charge in [-0.15, -0.1) is 0 Å². The van der Waals surface area contributed by atoms with Gasteiger partial charge in [-0.2, -0.15) is 0 Å². The van der Waals surface area contributed by atoms with E-state index in [0.29, 0.717) is 0 Å². The summed E-state index contributed by atoms with van der Waals surface area (Å²) in [7, 11) is 0. The maximum absolute atomic E-state index is 4.26. The summed E-state index contributed by atoms with van der Waals surface area (Å²) >= 11 is 0. The predicted octanol–water partition coefficient (Wildman–Crippen LogP) is 2.49. The van der Waals surface area contributed by atoms with Crippen LogP contribution in [0.25, 0.3) is 0 Å². The zero-order chi connectivity index (χ0) is 10.2. The molecule has 82 valence electrons. The molecular weight excluding hydrogens is 170 g/mol. The van der Waals surface area contributed by atoms with E-state index in [0.717, 1.165) is 5.92 Å². The van der Waals surface area contributed by atoms with Gasteiger partial charge in [-0.1, -0.05) is 38.3 Å². The molecule has 2 N–H and O–H groups in total. The van der Waals surface area contributed by atoms with Crippen LogP contribution in [0, 0.1) is 5.92 Å². The molecule has 1 saturated heterocycles. The third kappa shape index (κ3) is 4.28. The monoisotopic (exact) mass is 196 g/mol. The summed E-state index contributed by atoms with van der Waals surface area (Å²) in [6.45, 7) is 9.17. The number of hydrogen-bond donors (Lipinski definition) is 1. The van der Waals surface area contributed by atoms with Crippen molar-refractivity contribution < 1.29 is 5.32 Å². The van der Waals surface area contributed by atoms with Crippen LogP contribution in [0.5, 0.6) is 0 Å². The van der Waals surface area contributed by atoms with E-state index in [-0.39, 0.29) is 0 Å². The predicted molar refractivity (Wildman–Crippen MR) is 62.3 cm³/mol. The summed E-state index contributed by atoms with van der Waals surface area (Å²) in [6.07, 6.45) is 9.52. The van der Waals surface area contributed by atoms with Crippen LogP contribution in [0.4, 0.5) is 0 Å². The van der Waals surface area contributed by atoms with E-state index in [9.17, 15) is 0 Å². The number of piperidine rings is 1. The topological polar surface area (TPSA) is 16.6 Å². The molecule has 0 unspecified atom stereocenters. The van der Waals surface area contributed by atoms with Crippen molar-refractivity contribution in [3.8, 4) is 0 Å². The molecule has 0 aliphatic carbocycles. The second kappa shape index (κ2) is 7.05. The summed E-state index contributed by atoms with van der Waals surface area (Å²) in [5, 5.41) is 2.43. The van der Waals surface area contributed by atoms with E-state index < -0.39 is 0 Å². The van der Waals surface area contributed by atoms with E-state index in [1.165, 1.54) is 63.6 Å². The average Bonchev–Trinajstić information content (AvgIpc) is 2.25. The van der Waals surface area contributed by atoms with Crippen LogP contribution in [0.15, 0.2) is 12.2 Å². The molecule has 0 aromatic rings. The number of nitrogens with two attached hydrogens (primary N) is 1. The largest absolute Gasteiger partial charge is 0.346 e. The summed E-state index contributed by atoms with van der Waals surface area (Å²) in [5.41, 5.74) is 1.54.